The number of rotatable bonds is 77. The number of hydrogen-bond donors (Lipinski definition) is 11. The number of morpholine rings is 1. The summed E-state index contributed by atoms with van der Waals surface area (Å²) in [6.07, 6.45) is 44.4. The van der Waals surface area contributed by atoms with Crippen LogP contribution in [0.4, 0.5) is 0 Å². The smallest absolute Gasteiger partial charge is 0.0594 e. The normalized spacial score (nSPS) is 14.4. The number of likely N-dealkylation sites (N-methyl/N-ethyl adjacent to an activating group) is 9. The molecule has 11 N–H and O–H groups in total. The van der Waals surface area contributed by atoms with Crippen molar-refractivity contribution in [1.82, 2.24) is 112 Å². The van der Waals surface area contributed by atoms with Gasteiger partial charge in [0.05, 0.1) is 13.2 Å². The molecule has 138 heavy (non-hydrogen) atoms. The lowest BCUT2D eigenvalue weighted by atomic mass is 9.94. The van der Waals surface area contributed by atoms with Crippen LogP contribution in [0.5, 0.6) is 0 Å². The van der Waals surface area contributed by atoms with Gasteiger partial charge in [-0.15, -0.1) is 0 Å². The minimum Gasteiger partial charge on any atom is -0.379 e. The number of likely N-dealkylation sites (tertiary alicyclic amines) is 1. The fraction of sp³-hybridized carbons (Fsp3) is 1.00. The van der Waals surface area contributed by atoms with Crippen LogP contribution in [0, 0.1) is 0 Å². The molecule has 2 heterocycles. The molecule has 0 aromatic rings. The Bertz CT molecular complexity index is 2120. The van der Waals surface area contributed by atoms with E-state index in [1.807, 2.05) is 129 Å². The van der Waals surface area contributed by atoms with Gasteiger partial charge in [-0.3, -0.25) is 4.90 Å². The van der Waals surface area contributed by atoms with Crippen molar-refractivity contribution in [2.75, 3.05) is 478 Å². The van der Waals surface area contributed by atoms with E-state index in [4.69, 9.17) is 4.74 Å². The predicted molar refractivity (Wildman–Crippen MR) is 666 cm³/mol. The van der Waals surface area contributed by atoms with E-state index in [0.717, 1.165) is 222 Å². The summed E-state index contributed by atoms with van der Waals surface area (Å²) in [5.74, 6) is 13.4. The quantitative estimate of drug-likeness (QED) is 0.0259. The van der Waals surface area contributed by atoms with E-state index in [2.05, 4.69) is 321 Å². The molecule has 0 bridgehead atoms. The topological polar surface area (TPSA) is 177 Å². The van der Waals surface area contributed by atoms with Crippen molar-refractivity contribution in [2.45, 2.75) is 195 Å². The van der Waals surface area contributed by atoms with E-state index in [0.29, 0.717) is 17.6 Å². The van der Waals surface area contributed by atoms with E-state index in [9.17, 15) is 0 Å². The second kappa shape index (κ2) is 129. The summed E-state index contributed by atoms with van der Waals surface area (Å²) < 4.78 is 5.28. The number of hydrogen-bond acceptors (Lipinski definition) is 34. The van der Waals surface area contributed by atoms with Crippen LogP contribution < -0.4 is 58.5 Å². The third kappa shape index (κ3) is 129. The van der Waals surface area contributed by atoms with Gasteiger partial charge in [0, 0.05) is 322 Å². The Hall–Kier alpha value is 2.93. The summed E-state index contributed by atoms with van der Waals surface area (Å²) >= 11 is 20.9. The van der Waals surface area contributed by atoms with Crippen molar-refractivity contribution in [3.63, 3.8) is 0 Å². The lowest BCUT2D eigenvalue weighted by Crippen LogP contribution is -2.42. The molecule has 2 aliphatic carbocycles. The van der Waals surface area contributed by atoms with Gasteiger partial charge < -0.3 is 112 Å². The molecular formula is C104H244N22OS11. The maximum Gasteiger partial charge on any atom is 0.0594 e. The zero-order valence-corrected chi connectivity index (χ0v) is 106. The monoisotopic (exact) mass is 2170 g/mol. The van der Waals surface area contributed by atoms with Gasteiger partial charge >= 0.3 is 0 Å². The predicted octanol–water partition coefficient (Wildman–Crippen LogP) is 14.3. The minimum atomic E-state index is 0.293. The fourth-order valence-corrected chi connectivity index (χ4v) is 17.4. The zero-order valence-electron chi connectivity index (χ0n) is 97.2. The Morgan fingerprint density at radius 3 is 0.877 bits per heavy atom. The van der Waals surface area contributed by atoms with Crippen molar-refractivity contribution >= 4 is 129 Å². The Labute approximate surface area is 911 Å². The van der Waals surface area contributed by atoms with Crippen molar-refractivity contribution in [1.29, 1.82) is 0 Å². The molecule has 23 nitrogen and oxygen atoms in total. The Kier molecular flexibility index (Phi) is 143. The van der Waals surface area contributed by atoms with Crippen LogP contribution in [-0.2, 0) is 4.74 Å². The van der Waals surface area contributed by atoms with Gasteiger partial charge in [0.25, 0.3) is 0 Å². The lowest BCUT2D eigenvalue weighted by Gasteiger charge is -2.31. The molecule has 0 amide bonds. The molecule has 2 aliphatic heterocycles. The molecule has 1 unspecified atom stereocenters. The highest BCUT2D eigenvalue weighted by molar-refractivity contribution is 8.00. The summed E-state index contributed by atoms with van der Waals surface area (Å²) in [5.41, 5.74) is 0.293. The number of nitrogens with one attached hydrogen (secondary N) is 11. The van der Waals surface area contributed by atoms with Crippen LogP contribution in [0.25, 0.3) is 0 Å². The van der Waals surface area contributed by atoms with E-state index < -0.39 is 0 Å². The van der Waals surface area contributed by atoms with Gasteiger partial charge in [-0.25, -0.2) is 0 Å². The third-order valence-corrected chi connectivity index (χ3v) is 31.1. The molecule has 1 atom stereocenters. The van der Waals surface area contributed by atoms with E-state index in [1.54, 1.807) is 0 Å². The largest absolute Gasteiger partial charge is 0.379 e. The van der Waals surface area contributed by atoms with Crippen LogP contribution in [0.3, 0.4) is 0 Å². The first-order chi connectivity index (χ1) is 66.6. The van der Waals surface area contributed by atoms with Crippen molar-refractivity contribution in [3.05, 3.63) is 0 Å². The molecule has 0 spiro atoms. The SMILES string of the molecule is CCC(C)N(C)CCNCCSC.CCCCN(C)CCNCCSC.CCCN(C)CCNCCSC.CCN(C)CCNCCSC.CSCCNCCN(C)C.CSCCNCCN(C)C(C)(C)C.CSCCNCCN(C)C(C)C.CSCCNCCN(C)C1CCCC1.CSCCNCCN(C)C1CCCCC1.CSCCNCCN1CCCC1.CSCCNCCN1CCOCC1. The summed E-state index contributed by atoms with van der Waals surface area (Å²) in [5, 5.41) is 37.7. The van der Waals surface area contributed by atoms with Gasteiger partial charge in [-0.2, -0.15) is 129 Å². The average Bonchev–Trinajstić information content (AvgIpc) is 1.08. The first-order valence-electron chi connectivity index (χ1n) is 54.0. The van der Waals surface area contributed by atoms with Crippen LogP contribution in [0.2, 0.25) is 0 Å². The van der Waals surface area contributed by atoms with Crippen molar-refractivity contribution in [3.8, 4) is 0 Å². The molecule has 0 aromatic carbocycles. The molecule has 0 aromatic heterocycles. The van der Waals surface area contributed by atoms with Gasteiger partial charge in [-0.05, 0) is 271 Å². The number of ether oxygens (including phenoxy) is 1. The molecule has 0 radical (unpaired) electrons. The summed E-state index contributed by atoms with van der Waals surface area (Å²) in [6, 6.07) is 3.10. The Morgan fingerprint density at radius 1 is 0.297 bits per heavy atom. The molecule has 2 saturated carbocycles. The first-order valence-corrected chi connectivity index (χ1v) is 69.4. The molecule has 4 fully saturated rings. The summed E-state index contributed by atoms with van der Waals surface area (Å²) in [6.45, 7) is 70.4. The van der Waals surface area contributed by atoms with Crippen LogP contribution in [-0.4, -0.2) is 561 Å². The van der Waals surface area contributed by atoms with Crippen molar-refractivity contribution in [2.24, 2.45) is 0 Å². The maximum atomic E-state index is 5.28. The highest BCUT2D eigenvalue weighted by Crippen LogP contribution is 2.23. The second-order valence-corrected chi connectivity index (χ2v) is 48.8. The van der Waals surface area contributed by atoms with Crippen LogP contribution >= 0.6 is 129 Å². The standard InChI is InChI=1S/C12H26N2S.C11H24N2S.3C10H24N2S.C9H20N2OS.C9H20N2S.2C9H22N2S.C8H20N2S.C7H18N2S/c1-14(10-8-13-9-11-15-2)12-6-4-3-5-7-12;1-13(11-5-3-4-6-11)9-7-12-8-10-14-2;1-10(2,3)12(4)8-6-11-7-9-13-5;1-5-10(2)12(3)8-6-11-7-9-13-4;1-4-5-8-12(2)9-6-11-7-10-13-3;1-13-9-3-10-2-4-11-5-7-12-8-6-11;1-12-9-5-10-4-8-11-6-2-3-7-11;1-9(2)11(3)7-5-10-6-8-12-4;1-4-7-11(2)8-5-10-6-9-12-3;1-4-10(2)7-5-9-6-8-11-3;1-9(2)6-4-8-5-7-10-3/h12-13H,3-11H2,1-2H3;11-12H,3-10H2,1-2H3;11H,6-9H2,1-5H3;10-11H,5-9H2,1-4H3;11H,4-10H2,1-3H3;10H,2-9H2,1H3;10H,2-9H2,1H3;9-10H,5-8H2,1-4H3;10H,4-9H2,1-3H3;9H,4-8H2,1-3H3;8H,4-7H2,1-3H3. The van der Waals surface area contributed by atoms with E-state index in [1.165, 1.54) is 225 Å². The Morgan fingerprint density at radius 2 is 0.580 bits per heavy atom. The van der Waals surface area contributed by atoms with E-state index >= 15 is 0 Å². The number of unbranched alkanes of at least 4 members (excludes halogenated alkanes) is 1. The lowest BCUT2D eigenvalue weighted by molar-refractivity contribution is 0.0385. The molecule has 34 heteroatoms. The van der Waals surface area contributed by atoms with Crippen LogP contribution in [0.15, 0.2) is 0 Å². The van der Waals surface area contributed by atoms with Gasteiger partial charge in [-0.1, -0.05) is 66.2 Å². The maximum absolute atomic E-state index is 5.28. The van der Waals surface area contributed by atoms with Crippen LogP contribution in [0.1, 0.15) is 166 Å². The second-order valence-electron chi connectivity index (χ2n) is 37.9. The third-order valence-electron chi connectivity index (χ3n) is 24.3. The first kappa shape index (κ1) is 154. The van der Waals surface area contributed by atoms with Gasteiger partial charge in [0.2, 0.25) is 0 Å². The molecule has 2 saturated heterocycles. The summed E-state index contributed by atoms with van der Waals surface area (Å²) in [7, 11) is 21.8. The van der Waals surface area contributed by atoms with Gasteiger partial charge in [0.1, 0.15) is 0 Å². The molecular weight excluding hydrogens is 1930 g/mol. The van der Waals surface area contributed by atoms with E-state index in [-0.39, 0.29) is 0 Å². The minimum absolute atomic E-state index is 0.293. The molecule has 4 aliphatic rings. The average molecular weight is 2170 g/mol. The molecule has 842 valence electrons. The van der Waals surface area contributed by atoms with Crippen molar-refractivity contribution < 1.29 is 4.74 Å². The fourth-order valence-electron chi connectivity index (χ4n) is 13.5. The number of nitrogens with zero attached hydrogens (tertiary/aromatic N) is 11. The van der Waals surface area contributed by atoms with Gasteiger partial charge in [0.15, 0.2) is 0 Å². The zero-order chi connectivity index (χ0) is 105. The highest BCUT2D eigenvalue weighted by Gasteiger charge is 2.21. The summed E-state index contributed by atoms with van der Waals surface area (Å²) in [4.78, 5) is 26.5. The highest BCUT2D eigenvalue weighted by atomic mass is 32.2. The number of thioether (sulfide) groups is 11. The molecule has 4 rings (SSSR count). The Balaban J connectivity index is -0.000000274.